The highest BCUT2D eigenvalue weighted by Gasteiger charge is 2.12. The number of rotatable bonds is 2. The van der Waals surface area contributed by atoms with Crippen molar-refractivity contribution in [2.75, 3.05) is 0 Å². The normalized spacial score (nSPS) is 12.2. The van der Waals surface area contributed by atoms with Gasteiger partial charge in [0.25, 0.3) is 0 Å². The summed E-state index contributed by atoms with van der Waals surface area (Å²) in [5, 5.41) is 8.76. The molecule has 68 valence electrons. The average molecular weight is 242 g/mol. The Bertz CT molecular complexity index is 343. The molecule has 0 saturated heterocycles. The van der Waals surface area contributed by atoms with Crippen LogP contribution in [0.15, 0.2) is 22.7 Å². The van der Waals surface area contributed by atoms with Crippen molar-refractivity contribution >= 4 is 15.9 Å². The molecule has 0 radical (unpaired) electrons. The summed E-state index contributed by atoms with van der Waals surface area (Å²) in [7, 11) is 0. The number of benzene rings is 1. The third-order valence-electron chi connectivity index (χ3n) is 1.90. The Kier molecular flexibility index (Phi) is 3.44. The number of nitriles is 1. The van der Waals surface area contributed by atoms with Gasteiger partial charge in [-0.2, -0.15) is 5.26 Å². The molecule has 1 atom stereocenters. The minimum atomic E-state index is -0.350. The first-order chi connectivity index (χ1) is 6.19. The van der Waals surface area contributed by atoms with Gasteiger partial charge in [-0.15, -0.1) is 0 Å². The first-order valence-electron chi connectivity index (χ1n) is 4.03. The summed E-state index contributed by atoms with van der Waals surface area (Å²) < 4.78 is 14.0. The molecule has 0 aliphatic heterocycles. The van der Waals surface area contributed by atoms with Gasteiger partial charge in [-0.3, -0.25) is 0 Å². The van der Waals surface area contributed by atoms with E-state index in [1.54, 1.807) is 12.1 Å². The molecule has 0 fully saturated rings. The van der Waals surface area contributed by atoms with Gasteiger partial charge in [-0.25, -0.2) is 4.39 Å². The summed E-state index contributed by atoms with van der Waals surface area (Å²) in [6.07, 6.45) is 0.629. The average Bonchev–Trinajstić information content (AvgIpc) is 2.13. The van der Waals surface area contributed by atoms with Crippen molar-refractivity contribution in [3.05, 3.63) is 34.1 Å². The lowest BCUT2D eigenvalue weighted by Crippen LogP contribution is -1.97. The van der Waals surface area contributed by atoms with Gasteiger partial charge in [0.2, 0.25) is 0 Å². The van der Waals surface area contributed by atoms with Crippen molar-refractivity contribution in [3.8, 4) is 6.07 Å². The Morgan fingerprint density at radius 1 is 1.62 bits per heavy atom. The predicted octanol–water partition coefficient (Wildman–Crippen LogP) is 3.61. The van der Waals surface area contributed by atoms with Crippen LogP contribution in [0, 0.1) is 17.1 Å². The Labute approximate surface area is 85.3 Å². The van der Waals surface area contributed by atoms with Crippen LogP contribution in [0.5, 0.6) is 0 Å². The Balaban J connectivity index is 3.13. The van der Waals surface area contributed by atoms with E-state index in [0.29, 0.717) is 12.0 Å². The smallest absolute Gasteiger partial charge is 0.127 e. The van der Waals surface area contributed by atoms with Gasteiger partial charge in [0.05, 0.1) is 12.0 Å². The van der Waals surface area contributed by atoms with Gasteiger partial charge in [0, 0.05) is 10.0 Å². The predicted molar refractivity (Wildman–Crippen MR) is 52.7 cm³/mol. The summed E-state index contributed by atoms with van der Waals surface area (Å²) >= 11 is 3.25. The Hall–Kier alpha value is -0.880. The molecule has 0 aromatic heterocycles. The molecule has 0 spiro atoms. The molecule has 0 N–H and O–H groups in total. The number of halogens is 2. The van der Waals surface area contributed by atoms with E-state index in [-0.39, 0.29) is 11.7 Å². The molecule has 1 rings (SSSR count). The van der Waals surface area contributed by atoms with Crippen molar-refractivity contribution in [3.63, 3.8) is 0 Å². The highest BCUT2D eigenvalue weighted by molar-refractivity contribution is 9.10. The molecule has 3 heteroatoms. The fraction of sp³-hybridized carbons (Fsp3) is 0.300. The zero-order chi connectivity index (χ0) is 9.84. The molecule has 13 heavy (non-hydrogen) atoms. The van der Waals surface area contributed by atoms with Crippen LogP contribution in [0.4, 0.5) is 4.39 Å². The monoisotopic (exact) mass is 241 g/mol. The second-order valence-corrected chi connectivity index (χ2v) is 3.67. The van der Waals surface area contributed by atoms with Gasteiger partial charge in [0.15, 0.2) is 0 Å². The Morgan fingerprint density at radius 3 is 2.85 bits per heavy atom. The summed E-state index contributed by atoms with van der Waals surface area (Å²) in [4.78, 5) is 0. The Morgan fingerprint density at radius 2 is 2.31 bits per heavy atom. The molecule has 0 amide bonds. The standard InChI is InChI=1S/C10H9BrFN/c1-2-7(6-13)9-5-8(11)3-4-10(9)12/h3-5,7H,2H2,1H3. The van der Waals surface area contributed by atoms with E-state index in [0.717, 1.165) is 4.47 Å². The first-order valence-corrected chi connectivity index (χ1v) is 4.83. The molecule has 0 bridgehead atoms. The van der Waals surface area contributed by atoms with E-state index in [1.807, 2.05) is 6.92 Å². The maximum Gasteiger partial charge on any atom is 0.127 e. The van der Waals surface area contributed by atoms with Crippen LogP contribution >= 0.6 is 15.9 Å². The molecule has 1 nitrogen and oxygen atoms in total. The van der Waals surface area contributed by atoms with Crippen LogP contribution in [0.25, 0.3) is 0 Å². The third-order valence-corrected chi connectivity index (χ3v) is 2.39. The molecule has 0 aliphatic carbocycles. The molecule has 0 heterocycles. The second kappa shape index (κ2) is 4.38. The maximum atomic E-state index is 13.2. The van der Waals surface area contributed by atoms with Gasteiger partial charge in [-0.1, -0.05) is 22.9 Å². The molecule has 1 aromatic rings. The summed E-state index contributed by atoms with van der Waals surface area (Å²) in [6.45, 7) is 1.87. The van der Waals surface area contributed by atoms with Crippen LogP contribution < -0.4 is 0 Å². The van der Waals surface area contributed by atoms with Crippen molar-refractivity contribution in [1.29, 1.82) is 5.26 Å². The lowest BCUT2D eigenvalue weighted by atomic mass is 9.98. The molecular weight excluding hydrogens is 233 g/mol. The van der Waals surface area contributed by atoms with Gasteiger partial charge >= 0.3 is 0 Å². The summed E-state index contributed by atoms with van der Waals surface area (Å²) in [5.74, 6) is -0.658. The highest BCUT2D eigenvalue weighted by Crippen LogP contribution is 2.24. The van der Waals surface area contributed by atoms with Gasteiger partial charge in [0.1, 0.15) is 5.82 Å². The van der Waals surface area contributed by atoms with E-state index in [2.05, 4.69) is 22.0 Å². The largest absolute Gasteiger partial charge is 0.207 e. The van der Waals surface area contributed by atoms with E-state index >= 15 is 0 Å². The highest BCUT2D eigenvalue weighted by atomic mass is 79.9. The summed E-state index contributed by atoms with van der Waals surface area (Å²) in [6, 6.07) is 6.74. The minimum absolute atomic E-state index is 0.309. The van der Waals surface area contributed by atoms with Crippen LogP contribution in [-0.2, 0) is 0 Å². The zero-order valence-electron chi connectivity index (χ0n) is 7.22. The van der Waals surface area contributed by atoms with E-state index in [1.165, 1.54) is 6.07 Å². The third kappa shape index (κ3) is 2.28. The van der Waals surface area contributed by atoms with Crippen LogP contribution in [0.1, 0.15) is 24.8 Å². The number of hydrogen-bond donors (Lipinski definition) is 0. The van der Waals surface area contributed by atoms with Crippen LogP contribution in [-0.4, -0.2) is 0 Å². The second-order valence-electron chi connectivity index (χ2n) is 2.76. The van der Waals surface area contributed by atoms with E-state index in [9.17, 15) is 4.39 Å². The number of nitrogens with zero attached hydrogens (tertiary/aromatic N) is 1. The number of hydrogen-bond acceptors (Lipinski definition) is 1. The van der Waals surface area contributed by atoms with Gasteiger partial charge < -0.3 is 0 Å². The molecular formula is C10H9BrFN. The van der Waals surface area contributed by atoms with Crippen molar-refractivity contribution in [1.82, 2.24) is 0 Å². The lowest BCUT2D eigenvalue weighted by molar-refractivity contribution is 0.597. The lowest BCUT2D eigenvalue weighted by Gasteiger charge is -2.07. The first kappa shape index (κ1) is 10.2. The maximum absolute atomic E-state index is 13.2. The molecule has 0 aliphatic rings. The topological polar surface area (TPSA) is 23.8 Å². The minimum Gasteiger partial charge on any atom is -0.207 e. The fourth-order valence-electron chi connectivity index (χ4n) is 1.16. The van der Waals surface area contributed by atoms with Crippen molar-refractivity contribution < 1.29 is 4.39 Å². The van der Waals surface area contributed by atoms with E-state index < -0.39 is 0 Å². The van der Waals surface area contributed by atoms with Crippen LogP contribution in [0.2, 0.25) is 0 Å². The molecule has 1 unspecified atom stereocenters. The fourth-order valence-corrected chi connectivity index (χ4v) is 1.54. The van der Waals surface area contributed by atoms with Crippen molar-refractivity contribution in [2.45, 2.75) is 19.3 Å². The van der Waals surface area contributed by atoms with Crippen LogP contribution in [0.3, 0.4) is 0 Å². The SMILES string of the molecule is CCC(C#N)c1cc(Br)ccc1F. The molecule has 1 aromatic carbocycles. The van der Waals surface area contributed by atoms with E-state index in [4.69, 9.17) is 5.26 Å². The van der Waals surface area contributed by atoms with Gasteiger partial charge in [-0.05, 0) is 24.6 Å². The molecule has 0 saturated carbocycles. The zero-order valence-corrected chi connectivity index (χ0v) is 8.81. The quantitative estimate of drug-likeness (QED) is 0.777. The van der Waals surface area contributed by atoms with Crippen molar-refractivity contribution in [2.24, 2.45) is 0 Å². The summed E-state index contributed by atoms with van der Waals surface area (Å²) in [5.41, 5.74) is 0.472.